The van der Waals surface area contributed by atoms with Crippen molar-refractivity contribution in [2.75, 3.05) is 6.54 Å². The van der Waals surface area contributed by atoms with Crippen molar-refractivity contribution < 1.29 is 14.3 Å². The molecule has 206 valence electrons. The number of rotatable bonds is 6. The van der Waals surface area contributed by atoms with Crippen LogP contribution in [-0.4, -0.2) is 50.7 Å². The highest BCUT2D eigenvalue weighted by atomic mass is 16.6. The monoisotopic (exact) mass is 538 g/mol. The van der Waals surface area contributed by atoms with Crippen molar-refractivity contribution in [1.29, 1.82) is 10.5 Å². The maximum absolute atomic E-state index is 13.1. The highest BCUT2D eigenvalue weighted by Gasteiger charge is 2.35. The molecule has 1 aromatic heterocycles. The zero-order valence-corrected chi connectivity index (χ0v) is 23.3. The number of aryl methyl sites for hydroxylation is 1. The van der Waals surface area contributed by atoms with Crippen molar-refractivity contribution in [3.05, 3.63) is 71.8 Å². The largest absolute Gasteiger partial charge is 0.444 e. The quantitative estimate of drug-likeness (QED) is 0.468. The molecule has 1 aliphatic rings. The summed E-state index contributed by atoms with van der Waals surface area (Å²) in [5.41, 5.74) is 3.45. The molecule has 1 saturated heterocycles. The molecule has 0 saturated carbocycles. The van der Waals surface area contributed by atoms with E-state index >= 15 is 0 Å². The first kappa shape index (κ1) is 28.4. The molecule has 2 aromatic carbocycles. The second-order valence-corrected chi connectivity index (χ2v) is 11.0. The predicted octanol–water partition coefficient (Wildman–Crippen LogP) is 5.06. The Morgan fingerprint density at radius 3 is 2.48 bits per heavy atom. The van der Waals surface area contributed by atoms with E-state index in [0.29, 0.717) is 24.9 Å². The van der Waals surface area contributed by atoms with E-state index in [1.165, 1.54) is 4.90 Å². The summed E-state index contributed by atoms with van der Waals surface area (Å²) in [5, 5.41) is 22.2. The minimum Gasteiger partial charge on any atom is -0.444 e. The SMILES string of the molecule is Cc1nccn1-c1cc(-c2ccc(C[C@@H](C#N)NC(=O)[C@@H]3CCCCN3C(=O)OC(C)(C)C)cc2)ccc1C#N. The van der Waals surface area contributed by atoms with E-state index in [2.05, 4.69) is 22.4 Å². The van der Waals surface area contributed by atoms with E-state index in [0.717, 1.165) is 41.0 Å². The molecular formula is C31H34N6O3. The van der Waals surface area contributed by atoms with Crippen LogP contribution in [0.15, 0.2) is 54.9 Å². The minimum absolute atomic E-state index is 0.328. The molecule has 9 heteroatoms. The number of hydrogen-bond donors (Lipinski definition) is 1. The molecule has 1 aliphatic heterocycles. The van der Waals surface area contributed by atoms with Crippen LogP contribution >= 0.6 is 0 Å². The number of benzene rings is 2. The zero-order chi connectivity index (χ0) is 28.9. The lowest BCUT2D eigenvalue weighted by Gasteiger charge is -2.36. The summed E-state index contributed by atoms with van der Waals surface area (Å²) in [7, 11) is 0. The molecular weight excluding hydrogens is 504 g/mol. The Balaban J connectivity index is 1.45. The molecule has 40 heavy (non-hydrogen) atoms. The summed E-state index contributed by atoms with van der Waals surface area (Å²) in [6.07, 6.45) is 5.51. The van der Waals surface area contributed by atoms with E-state index in [4.69, 9.17) is 4.74 Å². The van der Waals surface area contributed by atoms with Crippen LogP contribution < -0.4 is 5.32 Å². The normalized spacial score (nSPS) is 15.9. The van der Waals surface area contributed by atoms with E-state index < -0.39 is 23.8 Å². The van der Waals surface area contributed by atoms with Crippen LogP contribution in [0.5, 0.6) is 0 Å². The predicted molar refractivity (Wildman–Crippen MR) is 150 cm³/mol. The lowest BCUT2D eigenvalue weighted by molar-refractivity contribution is -0.128. The van der Waals surface area contributed by atoms with E-state index in [1.807, 2.05) is 54.1 Å². The van der Waals surface area contributed by atoms with Gasteiger partial charge < -0.3 is 14.6 Å². The van der Waals surface area contributed by atoms with Gasteiger partial charge >= 0.3 is 6.09 Å². The number of carbonyl (C=O) groups excluding carboxylic acids is 2. The van der Waals surface area contributed by atoms with E-state index in [1.54, 1.807) is 33.0 Å². The Labute approximate surface area is 235 Å². The number of amides is 2. The van der Waals surface area contributed by atoms with Gasteiger partial charge in [-0.2, -0.15) is 10.5 Å². The van der Waals surface area contributed by atoms with E-state index in [9.17, 15) is 20.1 Å². The van der Waals surface area contributed by atoms with Crippen LogP contribution in [0.2, 0.25) is 0 Å². The fourth-order valence-corrected chi connectivity index (χ4v) is 4.85. The summed E-state index contributed by atoms with van der Waals surface area (Å²) in [4.78, 5) is 31.6. The molecule has 0 radical (unpaired) electrons. The molecule has 2 heterocycles. The smallest absolute Gasteiger partial charge is 0.410 e. The average molecular weight is 539 g/mol. The number of piperidine rings is 1. The number of aromatic nitrogens is 2. The number of nitrogens with zero attached hydrogens (tertiary/aromatic N) is 5. The Morgan fingerprint density at radius 1 is 1.12 bits per heavy atom. The molecule has 3 aromatic rings. The number of ether oxygens (including phenoxy) is 1. The zero-order valence-electron chi connectivity index (χ0n) is 23.3. The maximum Gasteiger partial charge on any atom is 0.410 e. The van der Waals surface area contributed by atoms with Crippen LogP contribution in [0, 0.1) is 29.6 Å². The third kappa shape index (κ3) is 6.68. The number of imidazole rings is 1. The highest BCUT2D eigenvalue weighted by molar-refractivity contribution is 5.86. The van der Waals surface area contributed by atoms with Crippen LogP contribution in [-0.2, 0) is 16.0 Å². The Kier molecular flexibility index (Phi) is 8.55. The van der Waals surface area contributed by atoms with Gasteiger partial charge in [0.05, 0.1) is 17.3 Å². The van der Waals surface area contributed by atoms with Gasteiger partial charge in [0.1, 0.15) is 29.6 Å². The summed E-state index contributed by atoms with van der Waals surface area (Å²) in [6.45, 7) is 7.71. The van der Waals surface area contributed by atoms with Crippen molar-refractivity contribution >= 4 is 12.0 Å². The van der Waals surface area contributed by atoms with Crippen molar-refractivity contribution in [2.24, 2.45) is 0 Å². The molecule has 4 rings (SSSR count). The van der Waals surface area contributed by atoms with Gasteiger partial charge in [-0.25, -0.2) is 9.78 Å². The molecule has 2 amide bonds. The number of nitrogens with one attached hydrogen (secondary N) is 1. The minimum atomic E-state index is -0.744. The molecule has 1 N–H and O–H groups in total. The fourth-order valence-electron chi connectivity index (χ4n) is 4.85. The first-order valence-electron chi connectivity index (χ1n) is 13.4. The van der Waals surface area contributed by atoms with Gasteiger partial charge in [0.15, 0.2) is 0 Å². The van der Waals surface area contributed by atoms with Gasteiger partial charge in [0.25, 0.3) is 0 Å². The third-order valence-corrected chi connectivity index (χ3v) is 6.84. The molecule has 0 bridgehead atoms. The van der Waals surface area contributed by atoms with Crippen LogP contribution in [0.4, 0.5) is 4.79 Å². The molecule has 0 unspecified atom stereocenters. The number of carbonyl (C=O) groups is 2. The van der Waals surface area contributed by atoms with Crippen molar-refractivity contribution in [3.63, 3.8) is 0 Å². The average Bonchev–Trinajstić information content (AvgIpc) is 3.37. The summed E-state index contributed by atoms with van der Waals surface area (Å²) in [5.74, 6) is 0.449. The second kappa shape index (κ2) is 12.0. The standard InChI is InChI=1S/C31H34N6O3/c1-21-34-14-16-36(21)28-18-24(12-13-25(28)19-32)23-10-8-22(9-11-23)17-26(20-33)35-29(38)27-7-5-6-15-37(27)30(39)40-31(2,3)4/h8-14,16,18,26-27H,5-7,15,17H2,1-4H3,(H,35,38)/t26-,27-/m0/s1. The summed E-state index contributed by atoms with van der Waals surface area (Å²) in [6, 6.07) is 16.5. The lowest BCUT2D eigenvalue weighted by atomic mass is 9.98. The third-order valence-electron chi connectivity index (χ3n) is 6.84. The topological polar surface area (TPSA) is 124 Å². The van der Waals surface area contributed by atoms with Gasteiger partial charge in [-0.15, -0.1) is 0 Å². The fraction of sp³-hybridized carbons (Fsp3) is 0.387. The van der Waals surface area contributed by atoms with Crippen molar-refractivity contribution in [3.8, 4) is 29.0 Å². The Hall–Kier alpha value is -4.63. The lowest BCUT2D eigenvalue weighted by Crippen LogP contribution is -2.54. The van der Waals surface area contributed by atoms with Gasteiger partial charge in [0.2, 0.25) is 5.91 Å². The maximum atomic E-state index is 13.1. The van der Waals surface area contributed by atoms with Gasteiger partial charge in [-0.05, 0) is 75.8 Å². The van der Waals surface area contributed by atoms with Gasteiger partial charge in [0, 0.05) is 25.4 Å². The number of hydrogen-bond acceptors (Lipinski definition) is 6. The highest BCUT2D eigenvalue weighted by Crippen LogP contribution is 2.26. The van der Waals surface area contributed by atoms with Gasteiger partial charge in [-0.1, -0.05) is 30.3 Å². The Bertz CT molecular complexity index is 1460. The number of nitriles is 2. The molecule has 1 fully saturated rings. The van der Waals surface area contributed by atoms with E-state index in [-0.39, 0.29) is 5.91 Å². The van der Waals surface area contributed by atoms with Crippen LogP contribution in [0.3, 0.4) is 0 Å². The molecule has 9 nitrogen and oxygen atoms in total. The van der Waals surface area contributed by atoms with Gasteiger partial charge in [-0.3, -0.25) is 9.69 Å². The first-order chi connectivity index (χ1) is 19.1. The summed E-state index contributed by atoms with van der Waals surface area (Å²) >= 11 is 0. The first-order valence-corrected chi connectivity index (χ1v) is 13.4. The van der Waals surface area contributed by atoms with Crippen molar-refractivity contribution in [2.45, 2.75) is 71.1 Å². The van der Waals surface area contributed by atoms with Crippen molar-refractivity contribution in [1.82, 2.24) is 19.8 Å². The van der Waals surface area contributed by atoms with Crippen LogP contribution in [0.25, 0.3) is 16.8 Å². The van der Waals surface area contributed by atoms with Crippen LogP contribution in [0.1, 0.15) is 57.0 Å². The Morgan fingerprint density at radius 2 is 1.85 bits per heavy atom. The molecule has 0 aliphatic carbocycles. The molecule has 0 spiro atoms. The number of likely N-dealkylation sites (tertiary alicyclic amines) is 1. The second-order valence-electron chi connectivity index (χ2n) is 11.0. The molecule has 2 atom stereocenters. The summed E-state index contributed by atoms with van der Waals surface area (Å²) < 4.78 is 7.38.